The maximum absolute atomic E-state index is 5.99. The van der Waals surface area contributed by atoms with Crippen LogP contribution in [-0.4, -0.2) is 58.0 Å². The minimum Gasteiger partial charge on any atom is -0.375 e. The predicted molar refractivity (Wildman–Crippen MR) is 92.7 cm³/mol. The van der Waals surface area contributed by atoms with Crippen LogP contribution >= 0.6 is 8.58 Å². The number of rotatable bonds is 9. The van der Waals surface area contributed by atoms with Crippen LogP contribution in [0, 0.1) is 11.8 Å². The topological polar surface area (TPSA) is 42.5 Å². The van der Waals surface area contributed by atoms with E-state index in [-0.39, 0.29) is 0 Å². The molecule has 2 saturated heterocycles. The van der Waals surface area contributed by atoms with E-state index in [4.69, 9.17) is 9.47 Å². The Balaban J connectivity index is 0.00000106. The second-order valence-corrected chi connectivity index (χ2v) is 6.72. The van der Waals surface area contributed by atoms with E-state index in [0.717, 1.165) is 47.7 Å². The molecule has 2 aliphatic heterocycles. The van der Waals surface area contributed by atoms with Gasteiger partial charge in [-0.15, -0.1) is 8.58 Å². The molecule has 2 aliphatic rings. The van der Waals surface area contributed by atoms with Crippen molar-refractivity contribution in [1.29, 1.82) is 0 Å². The van der Waals surface area contributed by atoms with Crippen LogP contribution in [0.5, 0.6) is 0 Å². The largest absolute Gasteiger partial charge is 0.375 e. The molecule has 0 aromatic heterocycles. The molecule has 5 heteroatoms. The van der Waals surface area contributed by atoms with E-state index < -0.39 is 0 Å². The molecule has 0 aromatic carbocycles. The minimum atomic E-state index is 0.324. The SMILES string of the molecule is CC.CCCCNCC1COC2C(CNCPC)COC12. The van der Waals surface area contributed by atoms with Crippen LogP contribution in [0.1, 0.15) is 33.6 Å². The molecule has 0 amide bonds. The van der Waals surface area contributed by atoms with Gasteiger partial charge in [0.15, 0.2) is 0 Å². The Morgan fingerprint density at radius 3 is 2.10 bits per heavy atom. The van der Waals surface area contributed by atoms with Crippen LogP contribution in [-0.2, 0) is 9.47 Å². The van der Waals surface area contributed by atoms with Gasteiger partial charge in [-0.2, -0.15) is 0 Å². The molecular weight excluding hydrogens is 283 g/mol. The number of fused-ring (bicyclic) bond motifs is 1. The second-order valence-electron chi connectivity index (χ2n) is 5.66. The van der Waals surface area contributed by atoms with Gasteiger partial charge in [-0.05, 0) is 19.6 Å². The van der Waals surface area contributed by atoms with Gasteiger partial charge in [-0.25, -0.2) is 0 Å². The first-order valence-electron chi connectivity index (χ1n) is 8.66. The molecule has 0 spiro atoms. The van der Waals surface area contributed by atoms with Gasteiger partial charge in [0.1, 0.15) is 0 Å². The summed E-state index contributed by atoms with van der Waals surface area (Å²) < 4.78 is 12.0. The van der Waals surface area contributed by atoms with Crippen LogP contribution in [0.4, 0.5) is 0 Å². The summed E-state index contributed by atoms with van der Waals surface area (Å²) in [4.78, 5) is 0. The summed E-state index contributed by atoms with van der Waals surface area (Å²) in [6.45, 7) is 13.4. The highest BCUT2D eigenvalue weighted by atomic mass is 31.1. The molecule has 5 atom stereocenters. The summed E-state index contributed by atoms with van der Waals surface area (Å²) in [5.74, 6) is 1.09. The molecule has 126 valence electrons. The molecule has 2 N–H and O–H groups in total. The van der Waals surface area contributed by atoms with Crippen LogP contribution in [0.2, 0.25) is 0 Å². The Morgan fingerprint density at radius 1 is 1.00 bits per heavy atom. The van der Waals surface area contributed by atoms with Gasteiger partial charge < -0.3 is 20.1 Å². The average Bonchev–Trinajstić information content (AvgIpc) is 3.09. The molecule has 0 bridgehead atoms. The first-order chi connectivity index (χ1) is 10.4. The Labute approximate surface area is 132 Å². The van der Waals surface area contributed by atoms with Crippen molar-refractivity contribution in [1.82, 2.24) is 10.6 Å². The third kappa shape index (κ3) is 6.11. The fourth-order valence-corrected chi connectivity index (χ4v) is 3.37. The van der Waals surface area contributed by atoms with E-state index in [1.807, 2.05) is 13.8 Å². The number of hydrogen-bond acceptors (Lipinski definition) is 4. The Hall–Kier alpha value is 0.270. The van der Waals surface area contributed by atoms with Crippen LogP contribution in [0.25, 0.3) is 0 Å². The summed E-state index contributed by atoms with van der Waals surface area (Å²) in [6, 6.07) is 0. The third-order valence-corrected chi connectivity index (χ3v) is 4.68. The van der Waals surface area contributed by atoms with Gasteiger partial charge in [0, 0.05) is 31.2 Å². The molecule has 2 fully saturated rings. The summed E-state index contributed by atoms with van der Waals surface area (Å²) in [5.41, 5.74) is 0. The lowest BCUT2D eigenvalue weighted by Gasteiger charge is -2.17. The smallest absolute Gasteiger partial charge is 0.0903 e. The molecule has 0 saturated carbocycles. The first-order valence-corrected chi connectivity index (χ1v) is 10.4. The van der Waals surface area contributed by atoms with Gasteiger partial charge >= 0.3 is 0 Å². The highest BCUT2D eigenvalue weighted by Gasteiger charge is 2.46. The van der Waals surface area contributed by atoms with E-state index in [1.165, 1.54) is 12.8 Å². The molecule has 21 heavy (non-hydrogen) atoms. The lowest BCUT2D eigenvalue weighted by atomic mass is 9.96. The van der Waals surface area contributed by atoms with Gasteiger partial charge in [0.25, 0.3) is 0 Å². The van der Waals surface area contributed by atoms with Crippen LogP contribution < -0.4 is 10.6 Å². The van der Waals surface area contributed by atoms with E-state index in [1.54, 1.807) is 0 Å². The van der Waals surface area contributed by atoms with Crippen LogP contribution in [0.15, 0.2) is 0 Å². The number of unbranched alkanes of at least 4 members (excludes halogenated alkanes) is 1. The highest BCUT2D eigenvalue weighted by molar-refractivity contribution is 7.36. The minimum absolute atomic E-state index is 0.324. The molecule has 5 unspecified atom stereocenters. The fourth-order valence-electron chi connectivity index (χ4n) is 2.98. The summed E-state index contributed by atoms with van der Waals surface area (Å²) in [5, 5.41) is 7.03. The maximum atomic E-state index is 5.99. The van der Waals surface area contributed by atoms with Gasteiger partial charge in [0.2, 0.25) is 0 Å². The third-order valence-electron chi connectivity index (χ3n) is 4.08. The van der Waals surface area contributed by atoms with Gasteiger partial charge in [0.05, 0.1) is 25.4 Å². The number of hydrogen-bond donors (Lipinski definition) is 2. The molecule has 2 heterocycles. The van der Waals surface area contributed by atoms with Crippen LogP contribution in [0.3, 0.4) is 0 Å². The zero-order valence-corrected chi connectivity index (χ0v) is 15.3. The molecular formula is C16H35N2O2P. The lowest BCUT2D eigenvalue weighted by Crippen LogP contribution is -2.35. The second kappa shape index (κ2) is 11.8. The average molecular weight is 318 g/mol. The highest BCUT2D eigenvalue weighted by Crippen LogP contribution is 2.34. The van der Waals surface area contributed by atoms with Crippen molar-refractivity contribution in [3.05, 3.63) is 0 Å². The van der Waals surface area contributed by atoms with Crippen molar-refractivity contribution in [2.24, 2.45) is 11.8 Å². The summed E-state index contributed by atoms with van der Waals surface area (Å²) in [6.07, 6.45) is 4.28. The molecule has 0 aliphatic carbocycles. The molecule has 0 radical (unpaired) electrons. The van der Waals surface area contributed by atoms with Gasteiger partial charge in [-0.1, -0.05) is 27.2 Å². The number of nitrogens with one attached hydrogen (secondary N) is 2. The van der Waals surface area contributed by atoms with Crippen molar-refractivity contribution in [2.75, 3.05) is 45.8 Å². The molecule has 0 aromatic rings. The van der Waals surface area contributed by atoms with E-state index in [2.05, 4.69) is 24.2 Å². The lowest BCUT2D eigenvalue weighted by molar-refractivity contribution is 0.0605. The van der Waals surface area contributed by atoms with E-state index in [9.17, 15) is 0 Å². The zero-order valence-electron chi connectivity index (χ0n) is 14.3. The van der Waals surface area contributed by atoms with Crippen molar-refractivity contribution in [3.63, 3.8) is 0 Å². The normalized spacial score (nSPS) is 31.4. The van der Waals surface area contributed by atoms with Gasteiger partial charge in [-0.3, -0.25) is 0 Å². The zero-order chi connectivity index (χ0) is 15.5. The van der Waals surface area contributed by atoms with E-state index in [0.29, 0.717) is 24.0 Å². The summed E-state index contributed by atoms with van der Waals surface area (Å²) in [7, 11) is 0.975. The van der Waals surface area contributed by atoms with E-state index >= 15 is 0 Å². The number of ether oxygens (including phenoxy) is 2. The maximum Gasteiger partial charge on any atom is 0.0903 e. The Kier molecular flexibility index (Phi) is 10.8. The molecule has 4 nitrogen and oxygen atoms in total. The monoisotopic (exact) mass is 318 g/mol. The van der Waals surface area contributed by atoms with Crippen molar-refractivity contribution in [3.8, 4) is 0 Å². The molecule has 2 rings (SSSR count). The van der Waals surface area contributed by atoms with Crippen molar-refractivity contribution < 1.29 is 9.47 Å². The summed E-state index contributed by atoms with van der Waals surface area (Å²) >= 11 is 0. The van der Waals surface area contributed by atoms with Crippen molar-refractivity contribution in [2.45, 2.75) is 45.8 Å². The Bertz CT molecular complexity index is 256. The quantitative estimate of drug-likeness (QED) is 0.506. The fraction of sp³-hybridized carbons (Fsp3) is 1.00. The predicted octanol–water partition coefficient (Wildman–Crippen LogP) is 2.29. The standard InChI is InChI=1S/C14H29N2O2P.C2H6/c1-3-4-5-15-6-11-8-17-14-12(7-16-10-19-2)9-18-13(11)14;1-2/h11-16,19H,3-10H2,1-2H3;1-2H3. The van der Waals surface area contributed by atoms with Crippen molar-refractivity contribution >= 4 is 8.58 Å². The first kappa shape index (κ1) is 19.3. The Morgan fingerprint density at radius 2 is 1.57 bits per heavy atom.